The molecule has 0 aromatic rings. The van der Waals surface area contributed by atoms with Gasteiger partial charge in [0.2, 0.25) is 0 Å². The van der Waals surface area contributed by atoms with Gasteiger partial charge in [-0.05, 0) is 24.8 Å². The van der Waals surface area contributed by atoms with Crippen LogP contribution in [0.3, 0.4) is 0 Å². The van der Waals surface area contributed by atoms with E-state index in [1.165, 1.54) is 6.42 Å². The third-order valence-electron chi connectivity index (χ3n) is 1.82. The van der Waals surface area contributed by atoms with Crippen LogP contribution in [0.15, 0.2) is 0 Å². The molecule has 54 valence electrons. The first-order valence-corrected chi connectivity index (χ1v) is 3.60. The van der Waals surface area contributed by atoms with Gasteiger partial charge >= 0.3 is 0 Å². The van der Waals surface area contributed by atoms with E-state index in [0.29, 0.717) is 11.8 Å². The second kappa shape index (κ2) is 3.18. The van der Waals surface area contributed by atoms with Crippen LogP contribution in [0.4, 0.5) is 0 Å². The molecular formula is C7H15NO. The third-order valence-corrected chi connectivity index (χ3v) is 1.82. The Morgan fingerprint density at radius 3 is 2.78 bits per heavy atom. The Kier molecular flexibility index (Phi) is 2.49. The molecule has 0 saturated carbocycles. The maximum absolute atomic E-state index is 5.49. The van der Waals surface area contributed by atoms with E-state index >= 15 is 0 Å². The molecule has 0 aliphatic carbocycles. The van der Waals surface area contributed by atoms with E-state index in [4.69, 9.17) is 10.5 Å². The molecular weight excluding hydrogens is 114 g/mol. The summed E-state index contributed by atoms with van der Waals surface area (Å²) in [6.07, 6.45) is 1.25. The monoisotopic (exact) mass is 129 g/mol. The molecule has 0 aromatic heterocycles. The van der Waals surface area contributed by atoms with Crippen molar-refractivity contribution in [3.8, 4) is 0 Å². The topological polar surface area (TPSA) is 35.2 Å². The third kappa shape index (κ3) is 1.95. The van der Waals surface area contributed by atoms with Crippen LogP contribution < -0.4 is 5.73 Å². The Balaban J connectivity index is 2.23. The maximum atomic E-state index is 5.49. The lowest BCUT2D eigenvalue weighted by Gasteiger charge is -2.25. The average molecular weight is 129 g/mol. The van der Waals surface area contributed by atoms with Crippen molar-refractivity contribution in [3.05, 3.63) is 0 Å². The highest BCUT2D eigenvalue weighted by Crippen LogP contribution is 2.17. The van der Waals surface area contributed by atoms with Crippen molar-refractivity contribution in [1.29, 1.82) is 0 Å². The molecule has 2 heteroatoms. The van der Waals surface area contributed by atoms with E-state index in [1.54, 1.807) is 0 Å². The van der Waals surface area contributed by atoms with Crippen molar-refractivity contribution < 1.29 is 4.74 Å². The molecule has 0 bridgehead atoms. The van der Waals surface area contributed by atoms with Gasteiger partial charge in [0.1, 0.15) is 0 Å². The number of hydrogen-bond acceptors (Lipinski definition) is 2. The Hall–Kier alpha value is -0.0800. The Bertz CT molecular complexity index is 85.0. The van der Waals surface area contributed by atoms with E-state index in [9.17, 15) is 0 Å². The predicted molar refractivity (Wildman–Crippen MR) is 37.1 cm³/mol. The molecule has 1 aliphatic heterocycles. The van der Waals surface area contributed by atoms with Crippen molar-refractivity contribution in [2.75, 3.05) is 19.8 Å². The number of rotatable bonds is 1. The van der Waals surface area contributed by atoms with Gasteiger partial charge in [0.15, 0.2) is 0 Å². The number of ether oxygens (including phenoxy) is 1. The van der Waals surface area contributed by atoms with E-state index < -0.39 is 0 Å². The summed E-state index contributed by atoms with van der Waals surface area (Å²) in [6.45, 7) is 4.80. The molecule has 0 amide bonds. The molecule has 0 spiro atoms. The lowest BCUT2D eigenvalue weighted by Crippen LogP contribution is -2.29. The van der Waals surface area contributed by atoms with Crippen LogP contribution in [0.25, 0.3) is 0 Å². The maximum Gasteiger partial charge on any atom is 0.0506 e. The molecule has 2 unspecified atom stereocenters. The van der Waals surface area contributed by atoms with Crippen LogP contribution in [0, 0.1) is 11.8 Å². The summed E-state index contributed by atoms with van der Waals surface area (Å²) in [6, 6.07) is 0. The summed E-state index contributed by atoms with van der Waals surface area (Å²) in [7, 11) is 0. The second-order valence-electron chi connectivity index (χ2n) is 2.98. The van der Waals surface area contributed by atoms with Gasteiger partial charge < -0.3 is 10.5 Å². The standard InChI is InChI=1S/C7H15NO/c1-6-2-7(3-8)5-9-4-6/h6-7H,2-5,8H2,1H3. The molecule has 1 fully saturated rings. The first-order chi connectivity index (χ1) is 4.33. The summed E-state index contributed by atoms with van der Waals surface area (Å²) < 4.78 is 5.31. The quantitative estimate of drug-likeness (QED) is 0.563. The van der Waals surface area contributed by atoms with Gasteiger partial charge in [-0.25, -0.2) is 0 Å². The van der Waals surface area contributed by atoms with Crippen molar-refractivity contribution >= 4 is 0 Å². The highest BCUT2D eigenvalue weighted by Gasteiger charge is 2.17. The van der Waals surface area contributed by atoms with Gasteiger partial charge in [0.05, 0.1) is 6.61 Å². The second-order valence-corrected chi connectivity index (χ2v) is 2.98. The molecule has 1 aliphatic rings. The summed E-state index contributed by atoms with van der Waals surface area (Å²) >= 11 is 0. The molecule has 0 radical (unpaired) electrons. The molecule has 9 heavy (non-hydrogen) atoms. The normalized spacial score (nSPS) is 36.7. The highest BCUT2D eigenvalue weighted by atomic mass is 16.5. The van der Waals surface area contributed by atoms with E-state index in [2.05, 4.69) is 6.92 Å². The van der Waals surface area contributed by atoms with E-state index in [1.807, 2.05) is 0 Å². The van der Waals surface area contributed by atoms with Gasteiger partial charge in [-0.2, -0.15) is 0 Å². The van der Waals surface area contributed by atoms with Crippen LogP contribution in [0.5, 0.6) is 0 Å². The molecule has 2 atom stereocenters. The van der Waals surface area contributed by atoms with Crippen molar-refractivity contribution in [1.82, 2.24) is 0 Å². The molecule has 0 aromatic carbocycles. The van der Waals surface area contributed by atoms with Gasteiger partial charge in [-0.3, -0.25) is 0 Å². The lowest BCUT2D eigenvalue weighted by molar-refractivity contribution is 0.0242. The van der Waals surface area contributed by atoms with Gasteiger partial charge in [0.25, 0.3) is 0 Å². The van der Waals surface area contributed by atoms with E-state index in [-0.39, 0.29) is 0 Å². The average Bonchev–Trinajstić information content (AvgIpc) is 1.88. The minimum absolute atomic E-state index is 0.619. The summed E-state index contributed by atoms with van der Waals surface area (Å²) in [5, 5.41) is 0. The molecule has 1 rings (SSSR count). The minimum Gasteiger partial charge on any atom is -0.381 e. The fraction of sp³-hybridized carbons (Fsp3) is 1.00. The zero-order chi connectivity index (χ0) is 6.69. The first kappa shape index (κ1) is 7.03. The molecule has 2 nitrogen and oxygen atoms in total. The largest absolute Gasteiger partial charge is 0.381 e. The molecule has 2 N–H and O–H groups in total. The van der Waals surface area contributed by atoms with Gasteiger partial charge in [0, 0.05) is 6.61 Å². The molecule has 1 heterocycles. The predicted octanol–water partition coefficient (Wildman–Crippen LogP) is 0.618. The Morgan fingerprint density at radius 1 is 1.56 bits per heavy atom. The lowest BCUT2D eigenvalue weighted by atomic mass is 9.95. The minimum atomic E-state index is 0.619. The van der Waals surface area contributed by atoms with Gasteiger partial charge in [-0.15, -0.1) is 0 Å². The summed E-state index contributed by atoms with van der Waals surface area (Å²) in [5.74, 6) is 1.33. The highest BCUT2D eigenvalue weighted by molar-refractivity contribution is 4.67. The van der Waals surface area contributed by atoms with Crippen LogP contribution in [-0.2, 0) is 4.74 Å². The van der Waals surface area contributed by atoms with Crippen LogP contribution >= 0.6 is 0 Å². The van der Waals surface area contributed by atoms with Crippen molar-refractivity contribution in [2.24, 2.45) is 17.6 Å². The van der Waals surface area contributed by atoms with E-state index in [0.717, 1.165) is 19.8 Å². The number of hydrogen-bond donors (Lipinski definition) is 1. The van der Waals surface area contributed by atoms with Crippen LogP contribution in [-0.4, -0.2) is 19.8 Å². The zero-order valence-electron chi connectivity index (χ0n) is 5.97. The van der Waals surface area contributed by atoms with Gasteiger partial charge in [-0.1, -0.05) is 6.92 Å². The summed E-state index contributed by atoms with van der Waals surface area (Å²) in [4.78, 5) is 0. The van der Waals surface area contributed by atoms with Crippen molar-refractivity contribution in [3.63, 3.8) is 0 Å². The van der Waals surface area contributed by atoms with Crippen molar-refractivity contribution in [2.45, 2.75) is 13.3 Å². The SMILES string of the molecule is CC1COCC(CN)C1. The van der Waals surface area contributed by atoms with Crippen LogP contribution in [0.2, 0.25) is 0 Å². The fourth-order valence-electron chi connectivity index (χ4n) is 1.31. The zero-order valence-corrected chi connectivity index (χ0v) is 5.97. The first-order valence-electron chi connectivity index (χ1n) is 3.60. The Morgan fingerprint density at radius 2 is 2.33 bits per heavy atom. The van der Waals surface area contributed by atoms with Crippen LogP contribution in [0.1, 0.15) is 13.3 Å². The molecule has 1 saturated heterocycles. The number of nitrogens with two attached hydrogens (primary N) is 1. The smallest absolute Gasteiger partial charge is 0.0506 e. The summed E-state index contributed by atoms with van der Waals surface area (Å²) in [5.41, 5.74) is 5.49. The Labute approximate surface area is 56.4 Å². The fourth-order valence-corrected chi connectivity index (χ4v) is 1.31.